The molecule has 2 heterocycles. The van der Waals surface area contributed by atoms with Crippen molar-refractivity contribution in [2.24, 2.45) is 11.8 Å². The van der Waals surface area contributed by atoms with Gasteiger partial charge in [0.2, 0.25) is 11.8 Å². The van der Waals surface area contributed by atoms with Crippen molar-refractivity contribution in [1.29, 1.82) is 0 Å². The molecule has 154 valence electrons. The summed E-state index contributed by atoms with van der Waals surface area (Å²) in [4.78, 5) is 44.5. The molecule has 0 bridgehead atoms. The van der Waals surface area contributed by atoms with E-state index in [9.17, 15) is 14.4 Å². The third kappa shape index (κ3) is 4.05. The van der Waals surface area contributed by atoms with Crippen molar-refractivity contribution in [2.75, 3.05) is 12.0 Å². The van der Waals surface area contributed by atoms with Crippen LogP contribution >= 0.6 is 23.1 Å². The van der Waals surface area contributed by atoms with E-state index in [0.29, 0.717) is 17.2 Å². The second-order valence-electron chi connectivity index (χ2n) is 7.52. The molecule has 4 rings (SSSR count). The summed E-state index contributed by atoms with van der Waals surface area (Å²) in [7, 11) is 0. The lowest BCUT2D eigenvalue weighted by Gasteiger charge is -2.24. The van der Waals surface area contributed by atoms with Crippen LogP contribution in [0.3, 0.4) is 0 Å². The Morgan fingerprint density at radius 3 is 2.59 bits per heavy atom. The highest BCUT2D eigenvalue weighted by atomic mass is 32.2. The third-order valence-corrected chi connectivity index (χ3v) is 7.38. The number of carbonyl (C=O) groups is 3. The summed E-state index contributed by atoms with van der Waals surface area (Å²) in [5.41, 5.74) is 0.872. The Labute approximate surface area is 178 Å². The molecule has 1 saturated heterocycles. The zero-order valence-electron chi connectivity index (χ0n) is 16.3. The highest BCUT2D eigenvalue weighted by Crippen LogP contribution is 2.39. The summed E-state index contributed by atoms with van der Waals surface area (Å²) in [5, 5.41) is 0.705. The maximum absolute atomic E-state index is 12.9. The molecular weight excluding hydrogens is 408 g/mol. The number of hydrogen-bond acceptors (Lipinski definition) is 7. The highest BCUT2D eigenvalue weighted by molar-refractivity contribution is 7.98. The summed E-state index contributed by atoms with van der Waals surface area (Å²) in [6.45, 7) is 0.0526. The van der Waals surface area contributed by atoms with Crippen molar-refractivity contribution in [3.63, 3.8) is 0 Å². The predicted molar refractivity (Wildman–Crippen MR) is 114 cm³/mol. The third-order valence-electron chi connectivity index (χ3n) is 5.73. The van der Waals surface area contributed by atoms with E-state index in [-0.39, 0.29) is 30.3 Å². The SMILES string of the molecule is CSCCC(C(=O)OCc1nc2ccccc2s1)N1C(=O)C2CCCCC2C1=O. The lowest BCUT2D eigenvalue weighted by Crippen LogP contribution is -2.46. The van der Waals surface area contributed by atoms with Crippen LogP contribution < -0.4 is 0 Å². The van der Waals surface area contributed by atoms with Crippen molar-refractivity contribution in [2.45, 2.75) is 44.8 Å². The number of fused-ring (bicyclic) bond motifs is 2. The molecule has 1 aromatic heterocycles. The number of imide groups is 1. The van der Waals surface area contributed by atoms with Gasteiger partial charge in [-0.15, -0.1) is 11.3 Å². The van der Waals surface area contributed by atoms with Crippen LogP contribution in [0.4, 0.5) is 0 Å². The van der Waals surface area contributed by atoms with Crippen molar-refractivity contribution >= 4 is 51.1 Å². The van der Waals surface area contributed by atoms with E-state index < -0.39 is 12.0 Å². The van der Waals surface area contributed by atoms with Crippen LogP contribution in [0.2, 0.25) is 0 Å². The number of thiazole rings is 1. The molecule has 1 saturated carbocycles. The Hall–Kier alpha value is -1.93. The van der Waals surface area contributed by atoms with Crippen molar-refractivity contribution in [3.8, 4) is 0 Å². The fourth-order valence-corrected chi connectivity index (χ4v) is 5.63. The van der Waals surface area contributed by atoms with Gasteiger partial charge < -0.3 is 4.74 Å². The Morgan fingerprint density at radius 1 is 1.24 bits per heavy atom. The molecule has 2 amide bonds. The standard InChI is InChI=1S/C21H24N2O4S2/c1-28-11-10-16(23-19(24)13-6-2-3-7-14(13)20(23)25)21(26)27-12-18-22-15-8-4-5-9-17(15)29-18/h4-5,8-9,13-14,16H,2-3,6-7,10-12H2,1H3. The second-order valence-corrected chi connectivity index (χ2v) is 9.63. The molecule has 1 aliphatic carbocycles. The first kappa shape index (κ1) is 20.3. The summed E-state index contributed by atoms with van der Waals surface area (Å²) in [6.07, 6.45) is 5.76. The summed E-state index contributed by atoms with van der Waals surface area (Å²) in [5.74, 6) is -0.743. The molecule has 3 atom stereocenters. The number of hydrogen-bond donors (Lipinski definition) is 0. The number of carbonyl (C=O) groups excluding carboxylic acids is 3. The van der Waals surface area contributed by atoms with Crippen molar-refractivity contribution < 1.29 is 19.1 Å². The van der Waals surface area contributed by atoms with Gasteiger partial charge in [-0.05, 0) is 43.4 Å². The molecule has 2 fully saturated rings. The molecule has 6 nitrogen and oxygen atoms in total. The lowest BCUT2D eigenvalue weighted by molar-refractivity contribution is -0.160. The van der Waals surface area contributed by atoms with Gasteiger partial charge in [0.05, 0.1) is 22.1 Å². The smallest absolute Gasteiger partial charge is 0.329 e. The number of rotatable bonds is 7. The monoisotopic (exact) mass is 432 g/mol. The molecule has 2 aromatic rings. The molecular formula is C21H24N2O4S2. The van der Waals surface area contributed by atoms with Gasteiger partial charge in [-0.1, -0.05) is 25.0 Å². The van der Waals surface area contributed by atoms with E-state index >= 15 is 0 Å². The van der Waals surface area contributed by atoms with Gasteiger partial charge >= 0.3 is 5.97 Å². The van der Waals surface area contributed by atoms with Crippen LogP contribution in [0.1, 0.15) is 37.1 Å². The zero-order chi connectivity index (χ0) is 20.4. The van der Waals surface area contributed by atoms with E-state index in [2.05, 4.69) is 4.98 Å². The minimum atomic E-state index is -0.845. The maximum Gasteiger partial charge on any atom is 0.329 e. The van der Waals surface area contributed by atoms with E-state index in [1.54, 1.807) is 11.8 Å². The van der Waals surface area contributed by atoms with Crippen molar-refractivity contribution in [3.05, 3.63) is 29.3 Å². The molecule has 1 aromatic carbocycles. The molecule has 1 aliphatic heterocycles. The normalized spacial score (nSPS) is 22.7. The zero-order valence-corrected chi connectivity index (χ0v) is 18.0. The molecule has 0 N–H and O–H groups in total. The number of aromatic nitrogens is 1. The number of amides is 2. The lowest BCUT2D eigenvalue weighted by atomic mass is 9.81. The number of ether oxygens (including phenoxy) is 1. The van der Waals surface area contributed by atoms with Gasteiger partial charge in [-0.2, -0.15) is 11.8 Å². The highest BCUT2D eigenvalue weighted by Gasteiger charge is 2.52. The van der Waals surface area contributed by atoms with Crippen LogP contribution in [-0.2, 0) is 25.7 Å². The Morgan fingerprint density at radius 2 is 1.93 bits per heavy atom. The summed E-state index contributed by atoms with van der Waals surface area (Å²) < 4.78 is 6.57. The Balaban J connectivity index is 1.49. The summed E-state index contributed by atoms with van der Waals surface area (Å²) in [6, 6.07) is 6.91. The second kappa shape index (κ2) is 8.83. The van der Waals surface area contributed by atoms with Gasteiger partial charge in [-0.3, -0.25) is 14.5 Å². The molecule has 8 heteroatoms. The minimum absolute atomic E-state index is 0.0526. The topological polar surface area (TPSA) is 76.6 Å². The molecule has 0 spiro atoms. The summed E-state index contributed by atoms with van der Waals surface area (Å²) >= 11 is 3.06. The first-order chi connectivity index (χ1) is 14.1. The van der Waals surface area contributed by atoms with E-state index in [0.717, 1.165) is 35.9 Å². The fraction of sp³-hybridized carbons (Fsp3) is 0.524. The number of thioether (sulfide) groups is 1. The molecule has 0 radical (unpaired) electrons. The largest absolute Gasteiger partial charge is 0.457 e. The van der Waals surface area contributed by atoms with Gasteiger partial charge in [0.15, 0.2) is 0 Å². The fourth-order valence-electron chi connectivity index (χ4n) is 4.29. The minimum Gasteiger partial charge on any atom is -0.457 e. The van der Waals surface area contributed by atoms with Crippen molar-refractivity contribution in [1.82, 2.24) is 9.88 Å². The van der Waals surface area contributed by atoms with Crippen LogP contribution in [0.15, 0.2) is 24.3 Å². The van der Waals surface area contributed by atoms with Crippen LogP contribution in [0, 0.1) is 11.8 Å². The number of benzene rings is 1. The van der Waals surface area contributed by atoms with Crippen LogP contribution in [-0.4, -0.2) is 45.7 Å². The Bertz CT molecular complexity index is 871. The average Bonchev–Trinajstić information content (AvgIpc) is 3.27. The van der Waals surface area contributed by atoms with Gasteiger partial charge in [-0.25, -0.2) is 9.78 Å². The number of esters is 1. The van der Waals surface area contributed by atoms with Gasteiger partial charge in [0, 0.05) is 0 Å². The average molecular weight is 433 g/mol. The van der Waals surface area contributed by atoms with Gasteiger partial charge in [0.25, 0.3) is 0 Å². The van der Waals surface area contributed by atoms with E-state index in [1.165, 1.54) is 16.2 Å². The van der Waals surface area contributed by atoms with E-state index in [4.69, 9.17) is 4.74 Å². The number of nitrogens with zero attached hydrogens (tertiary/aromatic N) is 2. The van der Waals surface area contributed by atoms with Crippen LogP contribution in [0.5, 0.6) is 0 Å². The van der Waals surface area contributed by atoms with Gasteiger partial charge in [0.1, 0.15) is 17.7 Å². The predicted octanol–water partition coefficient (Wildman–Crippen LogP) is 3.64. The number of likely N-dealkylation sites (tertiary alicyclic amines) is 1. The first-order valence-corrected chi connectivity index (χ1v) is 12.2. The Kier molecular flexibility index (Phi) is 6.20. The molecule has 3 unspecified atom stereocenters. The van der Waals surface area contributed by atoms with Crippen LogP contribution in [0.25, 0.3) is 10.2 Å². The molecule has 2 aliphatic rings. The van der Waals surface area contributed by atoms with E-state index in [1.807, 2.05) is 30.5 Å². The quantitative estimate of drug-likeness (QED) is 0.491. The first-order valence-electron chi connectivity index (χ1n) is 9.97. The maximum atomic E-state index is 12.9. The molecule has 29 heavy (non-hydrogen) atoms. The number of para-hydroxylation sites is 1.